The molecular formula is C17H19FN2O2S. The monoisotopic (exact) mass is 334 g/mol. The Balaban J connectivity index is 1.82. The van der Waals surface area contributed by atoms with Crippen molar-refractivity contribution < 1.29 is 14.3 Å². The van der Waals surface area contributed by atoms with Gasteiger partial charge in [0.1, 0.15) is 15.7 Å². The molecule has 1 atom stereocenters. The first-order valence-corrected chi connectivity index (χ1v) is 8.65. The van der Waals surface area contributed by atoms with Gasteiger partial charge in [-0.3, -0.25) is 4.79 Å². The third-order valence-electron chi connectivity index (χ3n) is 4.17. The smallest absolute Gasteiger partial charge is 0.265 e. The predicted molar refractivity (Wildman–Crippen MR) is 87.9 cm³/mol. The van der Waals surface area contributed by atoms with Crippen LogP contribution in [0.5, 0.6) is 0 Å². The van der Waals surface area contributed by atoms with Crippen LogP contribution in [0.15, 0.2) is 30.5 Å². The SMILES string of the molecule is O=C(c1cnc(-c2ccccc2F)s1)N1CCCCC1CCO. The first kappa shape index (κ1) is 16.1. The molecule has 2 aromatic rings. The van der Waals surface area contributed by atoms with Crippen LogP contribution in [0.1, 0.15) is 35.4 Å². The van der Waals surface area contributed by atoms with E-state index in [2.05, 4.69) is 4.98 Å². The molecule has 1 saturated heterocycles. The Labute approximate surface area is 138 Å². The molecule has 0 saturated carbocycles. The Morgan fingerprint density at radius 1 is 1.39 bits per heavy atom. The average Bonchev–Trinajstić information content (AvgIpc) is 3.05. The highest BCUT2D eigenvalue weighted by Crippen LogP contribution is 2.29. The average molecular weight is 334 g/mol. The minimum absolute atomic E-state index is 0.0664. The molecule has 0 bridgehead atoms. The Hall–Kier alpha value is -1.79. The van der Waals surface area contributed by atoms with E-state index < -0.39 is 0 Å². The predicted octanol–water partition coefficient (Wildman–Crippen LogP) is 3.33. The second-order valence-corrected chi connectivity index (χ2v) is 6.70. The molecule has 0 aliphatic carbocycles. The number of amides is 1. The van der Waals surface area contributed by atoms with Crippen LogP contribution < -0.4 is 0 Å². The van der Waals surface area contributed by atoms with E-state index in [9.17, 15) is 14.3 Å². The third kappa shape index (κ3) is 3.43. The van der Waals surface area contributed by atoms with E-state index >= 15 is 0 Å². The number of aliphatic hydroxyl groups is 1. The van der Waals surface area contributed by atoms with Crippen molar-refractivity contribution >= 4 is 17.2 Å². The highest BCUT2D eigenvalue weighted by molar-refractivity contribution is 7.16. The Bertz CT molecular complexity index is 687. The molecule has 1 aliphatic rings. The van der Waals surface area contributed by atoms with Gasteiger partial charge in [0.2, 0.25) is 0 Å². The number of rotatable bonds is 4. The van der Waals surface area contributed by atoms with E-state index in [1.165, 1.54) is 23.6 Å². The summed E-state index contributed by atoms with van der Waals surface area (Å²) in [5, 5.41) is 9.70. The Kier molecular flexibility index (Phi) is 5.03. The standard InChI is InChI=1S/C17H19FN2O2S/c18-14-7-2-1-6-13(14)16-19-11-15(23-16)17(22)20-9-4-3-5-12(20)8-10-21/h1-2,6-7,11-12,21H,3-5,8-10H2. The van der Waals surface area contributed by atoms with Crippen molar-refractivity contribution in [2.45, 2.75) is 31.7 Å². The highest BCUT2D eigenvalue weighted by atomic mass is 32.1. The highest BCUT2D eigenvalue weighted by Gasteiger charge is 2.28. The molecule has 1 aliphatic heterocycles. The summed E-state index contributed by atoms with van der Waals surface area (Å²) < 4.78 is 13.8. The molecular weight excluding hydrogens is 315 g/mol. The van der Waals surface area contributed by atoms with Crippen molar-refractivity contribution in [3.05, 3.63) is 41.2 Å². The quantitative estimate of drug-likeness (QED) is 0.933. The summed E-state index contributed by atoms with van der Waals surface area (Å²) in [6, 6.07) is 6.52. The summed E-state index contributed by atoms with van der Waals surface area (Å²) in [7, 11) is 0. The van der Waals surface area contributed by atoms with Crippen molar-refractivity contribution in [1.82, 2.24) is 9.88 Å². The van der Waals surface area contributed by atoms with E-state index in [4.69, 9.17) is 0 Å². The number of piperidine rings is 1. The van der Waals surface area contributed by atoms with Crippen LogP contribution in [0.3, 0.4) is 0 Å². The first-order valence-electron chi connectivity index (χ1n) is 7.83. The summed E-state index contributed by atoms with van der Waals surface area (Å²) in [4.78, 5) is 19.3. The molecule has 23 heavy (non-hydrogen) atoms. The van der Waals surface area contributed by atoms with Gasteiger partial charge >= 0.3 is 0 Å². The van der Waals surface area contributed by atoms with Crippen molar-refractivity contribution in [2.24, 2.45) is 0 Å². The summed E-state index contributed by atoms with van der Waals surface area (Å²) in [5.41, 5.74) is 0.419. The molecule has 0 radical (unpaired) electrons. The minimum Gasteiger partial charge on any atom is -0.396 e. The molecule has 1 unspecified atom stereocenters. The number of nitrogens with zero attached hydrogens (tertiary/aromatic N) is 2. The molecule has 1 N–H and O–H groups in total. The first-order chi connectivity index (χ1) is 11.2. The van der Waals surface area contributed by atoms with Gasteiger partial charge in [0.05, 0.1) is 6.20 Å². The van der Waals surface area contributed by atoms with Crippen molar-refractivity contribution in [1.29, 1.82) is 0 Å². The lowest BCUT2D eigenvalue weighted by Crippen LogP contribution is -2.43. The summed E-state index contributed by atoms with van der Waals surface area (Å²) in [6.07, 6.45) is 5.11. The van der Waals surface area contributed by atoms with Crippen LogP contribution >= 0.6 is 11.3 Å². The fourth-order valence-electron chi connectivity index (χ4n) is 2.99. The van der Waals surface area contributed by atoms with Gasteiger partial charge in [-0.1, -0.05) is 12.1 Å². The van der Waals surface area contributed by atoms with E-state index in [1.807, 2.05) is 4.90 Å². The topological polar surface area (TPSA) is 53.4 Å². The third-order valence-corrected chi connectivity index (χ3v) is 5.19. The number of hydrogen-bond donors (Lipinski definition) is 1. The number of aromatic nitrogens is 1. The van der Waals surface area contributed by atoms with Crippen LogP contribution in [-0.4, -0.2) is 40.1 Å². The van der Waals surface area contributed by atoms with Crippen LogP contribution in [0.2, 0.25) is 0 Å². The minimum atomic E-state index is -0.336. The summed E-state index contributed by atoms with van der Waals surface area (Å²) >= 11 is 1.22. The van der Waals surface area contributed by atoms with Crippen molar-refractivity contribution in [2.75, 3.05) is 13.2 Å². The maximum absolute atomic E-state index is 13.8. The van der Waals surface area contributed by atoms with Crippen LogP contribution in [0, 0.1) is 5.82 Å². The van der Waals surface area contributed by atoms with E-state index in [1.54, 1.807) is 18.2 Å². The summed E-state index contributed by atoms with van der Waals surface area (Å²) in [5.74, 6) is -0.403. The zero-order valence-corrected chi connectivity index (χ0v) is 13.6. The molecule has 122 valence electrons. The second-order valence-electron chi connectivity index (χ2n) is 5.67. The lowest BCUT2D eigenvalue weighted by Gasteiger charge is -2.35. The fraction of sp³-hybridized carbons (Fsp3) is 0.412. The fourth-order valence-corrected chi connectivity index (χ4v) is 3.89. The van der Waals surface area contributed by atoms with Crippen LogP contribution in [0.4, 0.5) is 4.39 Å². The number of halogens is 1. The molecule has 3 rings (SSSR count). The number of aliphatic hydroxyl groups excluding tert-OH is 1. The van der Waals surface area contributed by atoms with E-state index in [0.29, 0.717) is 28.4 Å². The largest absolute Gasteiger partial charge is 0.396 e. The maximum Gasteiger partial charge on any atom is 0.265 e. The lowest BCUT2D eigenvalue weighted by molar-refractivity contribution is 0.0579. The van der Waals surface area contributed by atoms with Gasteiger partial charge < -0.3 is 10.0 Å². The van der Waals surface area contributed by atoms with Gasteiger partial charge in [-0.2, -0.15) is 0 Å². The van der Waals surface area contributed by atoms with Gasteiger partial charge in [0.25, 0.3) is 5.91 Å². The van der Waals surface area contributed by atoms with Gasteiger partial charge in [-0.25, -0.2) is 9.37 Å². The normalized spacial score (nSPS) is 18.2. The zero-order valence-electron chi connectivity index (χ0n) is 12.7. The molecule has 1 aromatic heterocycles. The number of benzene rings is 1. The number of likely N-dealkylation sites (tertiary alicyclic amines) is 1. The van der Waals surface area contributed by atoms with Crippen LogP contribution in [-0.2, 0) is 0 Å². The van der Waals surface area contributed by atoms with E-state index in [0.717, 1.165) is 19.3 Å². The molecule has 4 nitrogen and oxygen atoms in total. The Morgan fingerprint density at radius 2 is 2.22 bits per heavy atom. The molecule has 0 spiro atoms. The number of thiazole rings is 1. The van der Waals surface area contributed by atoms with Crippen molar-refractivity contribution in [3.63, 3.8) is 0 Å². The number of carbonyl (C=O) groups excluding carboxylic acids is 1. The maximum atomic E-state index is 13.8. The number of hydrogen-bond acceptors (Lipinski definition) is 4. The summed E-state index contributed by atoms with van der Waals surface area (Å²) in [6.45, 7) is 0.786. The van der Waals surface area contributed by atoms with Crippen LogP contribution in [0.25, 0.3) is 10.6 Å². The number of carbonyl (C=O) groups is 1. The Morgan fingerprint density at radius 3 is 3.00 bits per heavy atom. The second kappa shape index (κ2) is 7.19. The molecule has 6 heteroatoms. The van der Waals surface area contributed by atoms with Crippen molar-refractivity contribution in [3.8, 4) is 10.6 Å². The van der Waals surface area contributed by atoms with E-state index in [-0.39, 0.29) is 24.4 Å². The molecule has 1 amide bonds. The lowest BCUT2D eigenvalue weighted by atomic mass is 9.99. The molecule has 1 aromatic carbocycles. The molecule has 1 fully saturated rings. The van der Waals surface area contributed by atoms with Gasteiger partial charge in [-0.05, 0) is 37.8 Å². The molecule has 2 heterocycles. The van der Waals surface area contributed by atoms with Gasteiger partial charge in [0.15, 0.2) is 0 Å². The zero-order chi connectivity index (χ0) is 16.2. The van der Waals surface area contributed by atoms with Gasteiger partial charge in [-0.15, -0.1) is 11.3 Å². The van der Waals surface area contributed by atoms with Gasteiger partial charge in [0, 0.05) is 24.8 Å².